The lowest BCUT2D eigenvalue weighted by atomic mass is 10.0. The average Bonchev–Trinajstić information content (AvgIpc) is 2.25. The van der Waals surface area contributed by atoms with Crippen LogP contribution in [-0.2, 0) is 10.0 Å². The summed E-state index contributed by atoms with van der Waals surface area (Å²) in [4.78, 5) is 9.61. The fourth-order valence-electron chi connectivity index (χ4n) is 1.65. The molecule has 0 spiro atoms. The summed E-state index contributed by atoms with van der Waals surface area (Å²) in [5.41, 5.74) is -1.60. The SMILES string of the molecule is CC(C)(CCO)NS(=O)(=O)c1ccc(Cl)c([N+](=O)[O-])c1Cl. The van der Waals surface area contributed by atoms with Crippen LogP contribution in [0.3, 0.4) is 0 Å². The predicted molar refractivity (Wildman–Crippen MR) is 79.2 cm³/mol. The summed E-state index contributed by atoms with van der Waals surface area (Å²) in [6, 6.07) is 2.19. The Labute approximate surface area is 132 Å². The van der Waals surface area contributed by atoms with Crippen molar-refractivity contribution in [2.45, 2.75) is 30.7 Å². The van der Waals surface area contributed by atoms with E-state index in [9.17, 15) is 18.5 Å². The van der Waals surface area contributed by atoms with Crippen molar-refractivity contribution in [1.82, 2.24) is 4.72 Å². The smallest absolute Gasteiger partial charge is 0.307 e. The standard InChI is InChI=1S/C11H14Cl2N2O5S/c1-11(2,5-6-16)14-21(19,20)8-4-3-7(12)10(9(8)13)15(17)18/h3-4,14,16H,5-6H2,1-2H3. The maximum Gasteiger partial charge on any atom is 0.307 e. The largest absolute Gasteiger partial charge is 0.396 e. The van der Waals surface area contributed by atoms with Gasteiger partial charge < -0.3 is 5.11 Å². The molecule has 0 heterocycles. The summed E-state index contributed by atoms with van der Waals surface area (Å²) in [5, 5.41) is 19.0. The van der Waals surface area contributed by atoms with Crippen LogP contribution in [-0.4, -0.2) is 30.6 Å². The van der Waals surface area contributed by atoms with E-state index in [-0.39, 0.29) is 18.1 Å². The molecule has 2 N–H and O–H groups in total. The van der Waals surface area contributed by atoms with Crippen LogP contribution in [0.2, 0.25) is 10.0 Å². The first-order valence-corrected chi connectivity index (χ1v) is 8.03. The molecule has 0 saturated heterocycles. The molecule has 0 fully saturated rings. The van der Waals surface area contributed by atoms with Crippen LogP contribution < -0.4 is 4.72 Å². The zero-order chi connectivity index (χ0) is 16.4. The van der Waals surface area contributed by atoms with Crippen LogP contribution >= 0.6 is 23.2 Å². The van der Waals surface area contributed by atoms with E-state index in [1.807, 2.05) is 0 Å². The number of nitro groups is 1. The first-order chi connectivity index (χ1) is 9.52. The monoisotopic (exact) mass is 356 g/mol. The number of hydrogen-bond donors (Lipinski definition) is 2. The quantitative estimate of drug-likeness (QED) is 0.600. The van der Waals surface area contributed by atoms with Gasteiger partial charge in [0.25, 0.3) is 0 Å². The number of rotatable bonds is 6. The molecule has 1 aromatic rings. The van der Waals surface area contributed by atoms with Gasteiger partial charge in [-0.05, 0) is 32.4 Å². The van der Waals surface area contributed by atoms with E-state index in [1.165, 1.54) is 0 Å². The predicted octanol–water partition coefficient (Wildman–Crippen LogP) is 2.34. The molecule has 0 saturated carbocycles. The summed E-state index contributed by atoms with van der Waals surface area (Å²) >= 11 is 11.5. The van der Waals surface area contributed by atoms with Crippen LogP contribution in [0.1, 0.15) is 20.3 Å². The summed E-state index contributed by atoms with van der Waals surface area (Å²) in [6.07, 6.45) is 0.166. The number of aliphatic hydroxyl groups excluding tert-OH is 1. The van der Waals surface area contributed by atoms with E-state index in [2.05, 4.69) is 4.72 Å². The van der Waals surface area contributed by atoms with Crippen molar-refractivity contribution in [2.75, 3.05) is 6.61 Å². The van der Waals surface area contributed by atoms with Gasteiger partial charge in [0, 0.05) is 12.1 Å². The maximum atomic E-state index is 12.3. The van der Waals surface area contributed by atoms with Crippen molar-refractivity contribution in [3.05, 3.63) is 32.3 Å². The minimum absolute atomic E-state index is 0.166. The molecule has 0 radical (unpaired) electrons. The van der Waals surface area contributed by atoms with Gasteiger partial charge in [-0.2, -0.15) is 0 Å². The Hall–Kier alpha value is -0.930. The van der Waals surface area contributed by atoms with Gasteiger partial charge in [0.1, 0.15) is 14.9 Å². The molecule has 1 rings (SSSR count). The minimum atomic E-state index is -4.10. The number of aliphatic hydroxyl groups is 1. The molecule has 0 amide bonds. The van der Waals surface area contributed by atoms with Crippen molar-refractivity contribution < 1.29 is 18.4 Å². The zero-order valence-electron chi connectivity index (χ0n) is 11.3. The van der Waals surface area contributed by atoms with Gasteiger partial charge in [0.2, 0.25) is 10.0 Å². The van der Waals surface area contributed by atoms with Gasteiger partial charge in [-0.15, -0.1) is 0 Å². The van der Waals surface area contributed by atoms with E-state index < -0.39 is 36.1 Å². The molecule has 0 aromatic heterocycles. The molecule has 0 atom stereocenters. The second kappa shape index (κ2) is 6.45. The lowest BCUT2D eigenvalue weighted by Gasteiger charge is -2.25. The highest BCUT2D eigenvalue weighted by Crippen LogP contribution is 2.37. The normalized spacial score (nSPS) is 12.4. The van der Waals surface area contributed by atoms with Crippen molar-refractivity contribution in [1.29, 1.82) is 0 Å². The van der Waals surface area contributed by atoms with Gasteiger partial charge in [0.05, 0.1) is 4.92 Å². The number of nitro benzene ring substituents is 1. The van der Waals surface area contributed by atoms with Crippen molar-refractivity contribution >= 4 is 38.9 Å². The molecule has 7 nitrogen and oxygen atoms in total. The van der Waals surface area contributed by atoms with Crippen molar-refractivity contribution in [3.63, 3.8) is 0 Å². The second-order valence-corrected chi connectivity index (χ2v) is 7.36. The molecular formula is C11H14Cl2N2O5S. The first-order valence-electron chi connectivity index (χ1n) is 5.79. The molecule has 0 bridgehead atoms. The first kappa shape index (κ1) is 18.1. The third kappa shape index (κ3) is 4.27. The van der Waals surface area contributed by atoms with Crippen molar-refractivity contribution in [2.24, 2.45) is 0 Å². The van der Waals surface area contributed by atoms with Gasteiger partial charge >= 0.3 is 5.69 Å². The maximum absolute atomic E-state index is 12.3. The molecule has 0 unspecified atom stereocenters. The van der Waals surface area contributed by atoms with E-state index in [4.69, 9.17) is 28.3 Å². The fraction of sp³-hybridized carbons (Fsp3) is 0.455. The van der Waals surface area contributed by atoms with E-state index in [1.54, 1.807) is 13.8 Å². The average molecular weight is 357 g/mol. The fourth-order valence-corrected chi connectivity index (χ4v) is 3.98. The summed E-state index contributed by atoms with van der Waals surface area (Å²) in [5.74, 6) is 0. The molecule has 0 aliphatic rings. The summed E-state index contributed by atoms with van der Waals surface area (Å²) < 4.78 is 26.9. The molecule has 0 aliphatic heterocycles. The van der Waals surface area contributed by atoms with E-state index in [0.29, 0.717) is 0 Å². The number of nitrogens with zero attached hydrogens (tertiary/aromatic N) is 1. The highest BCUT2D eigenvalue weighted by atomic mass is 35.5. The third-order valence-electron chi connectivity index (χ3n) is 2.65. The van der Waals surface area contributed by atoms with Crippen LogP contribution in [0.4, 0.5) is 5.69 Å². The Balaban J connectivity index is 3.34. The van der Waals surface area contributed by atoms with Gasteiger partial charge in [-0.3, -0.25) is 10.1 Å². The Morgan fingerprint density at radius 2 is 1.95 bits per heavy atom. The van der Waals surface area contributed by atoms with Crippen LogP contribution in [0.5, 0.6) is 0 Å². The highest BCUT2D eigenvalue weighted by Gasteiger charge is 2.31. The Morgan fingerprint density at radius 1 is 1.38 bits per heavy atom. The minimum Gasteiger partial charge on any atom is -0.396 e. The Morgan fingerprint density at radius 3 is 2.43 bits per heavy atom. The summed E-state index contributed by atoms with van der Waals surface area (Å²) in [7, 11) is -4.10. The van der Waals surface area contributed by atoms with Crippen LogP contribution in [0.15, 0.2) is 17.0 Å². The molecule has 1 aromatic carbocycles. The highest BCUT2D eigenvalue weighted by molar-refractivity contribution is 7.89. The van der Waals surface area contributed by atoms with Crippen molar-refractivity contribution in [3.8, 4) is 0 Å². The van der Waals surface area contributed by atoms with Gasteiger partial charge in [-0.25, -0.2) is 13.1 Å². The molecule has 10 heteroatoms. The van der Waals surface area contributed by atoms with Crippen LogP contribution in [0, 0.1) is 10.1 Å². The van der Waals surface area contributed by atoms with E-state index in [0.717, 1.165) is 12.1 Å². The molecule has 21 heavy (non-hydrogen) atoms. The second-order valence-electron chi connectivity index (χ2n) is 4.93. The van der Waals surface area contributed by atoms with Crippen LogP contribution in [0.25, 0.3) is 0 Å². The summed E-state index contributed by atoms with van der Waals surface area (Å²) in [6.45, 7) is 2.92. The lowest BCUT2D eigenvalue weighted by molar-refractivity contribution is -0.384. The van der Waals surface area contributed by atoms with E-state index >= 15 is 0 Å². The number of sulfonamides is 1. The topological polar surface area (TPSA) is 110 Å². The lowest BCUT2D eigenvalue weighted by Crippen LogP contribution is -2.44. The third-order valence-corrected chi connectivity index (χ3v) is 5.19. The zero-order valence-corrected chi connectivity index (χ0v) is 13.6. The number of halogens is 2. The number of hydrogen-bond acceptors (Lipinski definition) is 5. The molecular weight excluding hydrogens is 343 g/mol. The Bertz CT molecular complexity index is 661. The Kier molecular flexibility index (Phi) is 5.57. The molecule has 0 aliphatic carbocycles. The number of benzene rings is 1. The van der Waals surface area contributed by atoms with Gasteiger partial charge in [0.15, 0.2) is 0 Å². The van der Waals surface area contributed by atoms with Gasteiger partial charge in [-0.1, -0.05) is 23.2 Å². The number of nitrogens with one attached hydrogen (secondary N) is 1. The molecule has 118 valence electrons.